The standard InChI is InChI=1S/C16H20F3NO/c1-12-2-4-13(5-3-12)14-7-10-20(11-8-14)15(21)6-9-16(17,18)19/h2-5,14H,6-11H2,1H3. The molecule has 1 aromatic rings. The van der Waals surface area contributed by atoms with E-state index in [1.165, 1.54) is 11.1 Å². The van der Waals surface area contributed by atoms with Crippen LogP contribution in [0.25, 0.3) is 0 Å². The minimum atomic E-state index is -4.25. The Morgan fingerprint density at radius 3 is 2.29 bits per heavy atom. The smallest absolute Gasteiger partial charge is 0.343 e. The summed E-state index contributed by atoms with van der Waals surface area (Å²) in [6.45, 7) is 3.14. The number of likely N-dealkylation sites (tertiary alicyclic amines) is 1. The third kappa shape index (κ3) is 4.76. The molecule has 1 aromatic carbocycles. The zero-order chi connectivity index (χ0) is 15.5. The van der Waals surface area contributed by atoms with Crippen molar-refractivity contribution in [1.82, 2.24) is 4.90 Å². The van der Waals surface area contributed by atoms with Gasteiger partial charge in [0.2, 0.25) is 5.91 Å². The Kier molecular flexibility index (Phi) is 4.91. The molecular weight excluding hydrogens is 279 g/mol. The van der Waals surface area contributed by atoms with Crippen LogP contribution in [0.2, 0.25) is 0 Å². The van der Waals surface area contributed by atoms with Crippen molar-refractivity contribution in [2.24, 2.45) is 0 Å². The fourth-order valence-electron chi connectivity index (χ4n) is 2.71. The van der Waals surface area contributed by atoms with E-state index >= 15 is 0 Å². The van der Waals surface area contributed by atoms with E-state index in [-0.39, 0.29) is 5.91 Å². The number of aryl methyl sites for hydroxylation is 1. The van der Waals surface area contributed by atoms with Crippen LogP contribution in [-0.4, -0.2) is 30.1 Å². The average molecular weight is 299 g/mol. The van der Waals surface area contributed by atoms with E-state index < -0.39 is 19.0 Å². The van der Waals surface area contributed by atoms with Gasteiger partial charge in [-0.05, 0) is 31.2 Å². The van der Waals surface area contributed by atoms with Gasteiger partial charge in [0.05, 0.1) is 6.42 Å². The summed E-state index contributed by atoms with van der Waals surface area (Å²) in [5.41, 5.74) is 2.46. The highest BCUT2D eigenvalue weighted by Crippen LogP contribution is 2.29. The lowest BCUT2D eigenvalue weighted by molar-refractivity contribution is -0.149. The monoisotopic (exact) mass is 299 g/mol. The predicted octanol–water partition coefficient (Wildman–Crippen LogP) is 4.04. The molecule has 1 amide bonds. The van der Waals surface area contributed by atoms with Crippen LogP contribution in [0.3, 0.4) is 0 Å². The van der Waals surface area contributed by atoms with Crippen LogP contribution < -0.4 is 0 Å². The molecule has 0 unspecified atom stereocenters. The summed E-state index contributed by atoms with van der Waals surface area (Å²) in [4.78, 5) is 13.3. The Morgan fingerprint density at radius 2 is 1.76 bits per heavy atom. The molecule has 0 radical (unpaired) electrons. The van der Waals surface area contributed by atoms with E-state index in [1.54, 1.807) is 4.90 Å². The van der Waals surface area contributed by atoms with Gasteiger partial charge in [-0.25, -0.2) is 0 Å². The highest BCUT2D eigenvalue weighted by atomic mass is 19.4. The topological polar surface area (TPSA) is 20.3 Å². The van der Waals surface area contributed by atoms with E-state index in [9.17, 15) is 18.0 Å². The molecule has 1 aliphatic heterocycles. The van der Waals surface area contributed by atoms with Gasteiger partial charge in [0.1, 0.15) is 0 Å². The molecule has 0 N–H and O–H groups in total. The molecular formula is C16H20F3NO. The Hall–Kier alpha value is -1.52. The Balaban J connectivity index is 1.82. The van der Waals surface area contributed by atoms with Gasteiger partial charge < -0.3 is 4.90 Å². The number of carbonyl (C=O) groups excluding carboxylic acids is 1. The van der Waals surface area contributed by atoms with Gasteiger partial charge in [-0.1, -0.05) is 29.8 Å². The number of rotatable bonds is 3. The summed E-state index contributed by atoms with van der Waals surface area (Å²) < 4.78 is 36.4. The second-order valence-electron chi connectivity index (χ2n) is 5.68. The van der Waals surface area contributed by atoms with Gasteiger partial charge in [-0.2, -0.15) is 13.2 Å². The minimum Gasteiger partial charge on any atom is -0.343 e. The average Bonchev–Trinajstić information content (AvgIpc) is 2.45. The van der Waals surface area contributed by atoms with E-state index in [0.717, 1.165) is 12.8 Å². The number of alkyl halides is 3. The second-order valence-corrected chi connectivity index (χ2v) is 5.68. The third-order valence-corrected chi connectivity index (χ3v) is 4.02. The van der Waals surface area contributed by atoms with Crippen LogP contribution in [0.4, 0.5) is 13.2 Å². The Morgan fingerprint density at radius 1 is 1.19 bits per heavy atom. The van der Waals surface area contributed by atoms with Gasteiger partial charge >= 0.3 is 6.18 Å². The SMILES string of the molecule is Cc1ccc(C2CCN(C(=O)CCC(F)(F)F)CC2)cc1. The molecule has 1 fully saturated rings. The summed E-state index contributed by atoms with van der Waals surface area (Å²) in [5.74, 6) is 0.0203. The molecule has 2 rings (SSSR count). The summed E-state index contributed by atoms with van der Waals surface area (Å²) >= 11 is 0. The Labute approximate surface area is 122 Å². The molecule has 0 spiro atoms. The number of hydrogen-bond donors (Lipinski definition) is 0. The lowest BCUT2D eigenvalue weighted by atomic mass is 9.89. The number of hydrogen-bond acceptors (Lipinski definition) is 1. The van der Waals surface area contributed by atoms with Crippen LogP contribution >= 0.6 is 0 Å². The molecule has 21 heavy (non-hydrogen) atoms. The largest absolute Gasteiger partial charge is 0.389 e. The van der Waals surface area contributed by atoms with E-state index in [1.807, 2.05) is 6.92 Å². The highest BCUT2D eigenvalue weighted by molar-refractivity contribution is 5.76. The van der Waals surface area contributed by atoms with Crippen molar-refractivity contribution < 1.29 is 18.0 Å². The molecule has 1 aliphatic rings. The number of nitrogens with zero attached hydrogens (tertiary/aromatic N) is 1. The lowest BCUT2D eigenvalue weighted by Gasteiger charge is -2.32. The first-order chi connectivity index (χ1) is 9.85. The quantitative estimate of drug-likeness (QED) is 0.824. The molecule has 0 aromatic heterocycles. The third-order valence-electron chi connectivity index (χ3n) is 4.02. The molecule has 0 aliphatic carbocycles. The van der Waals surface area contributed by atoms with Crippen molar-refractivity contribution in [3.05, 3.63) is 35.4 Å². The maximum atomic E-state index is 12.1. The molecule has 0 atom stereocenters. The van der Waals surface area contributed by atoms with E-state index in [2.05, 4.69) is 24.3 Å². The predicted molar refractivity (Wildman–Crippen MR) is 75.0 cm³/mol. The number of carbonyl (C=O) groups is 1. The van der Waals surface area contributed by atoms with Crippen molar-refractivity contribution in [2.75, 3.05) is 13.1 Å². The van der Waals surface area contributed by atoms with Gasteiger partial charge in [0, 0.05) is 19.5 Å². The van der Waals surface area contributed by atoms with Gasteiger partial charge in [-0.15, -0.1) is 0 Å². The molecule has 0 bridgehead atoms. The van der Waals surface area contributed by atoms with E-state index in [4.69, 9.17) is 0 Å². The van der Waals surface area contributed by atoms with Crippen molar-refractivity contribution in [2.45, 2.75) is 44.7 Å². The molecule has 2 nitrogen and oxygen atoms in total. The zero-order valence-electron chi connectivity index (χ0n) is 12.1. The number of piperidine rings is 1. The van der Waals surface area contributed by atoms with Crippen LogP contribution in [0.1, 0.15) is 42.7 Å². The fraction of sp³-hybridized carbons (Fsp3) is 0.562. The molecule has 0 saturated carbocycles. The van der Waals surface area contributed by atoms with Gasteiger partial charge in [-0.3, -0.25) is 4.79 Å². The van der Waals surface area contributed by atoms with E-state index in [0.29, 0.717) is 19.0 Å². The molecule has 116 valence electrons. The first-order valence-electron chi connectivity index (χ1n) is 7.26. The van der Waals surface area contributed by atoms with Crippen LogP contribution in [0.5, 0.6) is 0 Å². The van der Waals surface area contributed by atoms with Crippen molar-refractivity contribution in [3.8, 4) is 0 Å². The van der Waals surface area contributed by atoms with Crippen LogP contribution in [0, 0.1) is 6.92 Å². The minimum absolute atomic E-state index is 0.380. The van der Waals surface area contributed by atoms with Crippen LogP contribution in [0.15, 0.2) is 24.3 Å². The highest BCUT2D eigenvalue weighted by Gasteiger charge is 2.30. The van der Waals surface area contributed by atoms with Gasteiger partial charge in [0.15, 0.2) is 0 Å². The molecule has 1 saturated heterocycles. The second kappa shape index (κ2) is 6.50. The summed E-state index contributed by atoms with van der Waals surface area (Å²) in [6, 6.07) is 8.33. The first-order valence-corrected chi connectivity index (χ1v) is 7.26. The zero-order valence-corrected chi connectivity index (χ0v) is 12.1. The summed E-state index contributed by atoms with van der Waals surface area (Å²) in [6.07, 6.45) is -4.07. The lowest BCUT2D eigenvalue weighted by Crippen LogP contribution is -2.38. The number of amides is 1. The molecule has 1 heterocycles. The normalized spacial score (nSPS) is 17.0. The first kappa shape index (κ1) is 15.9. The van der Waals surface area contributed by atoms with Crippen molar-refractivity contribution in [1.29, 1.82) is 0 Å². The van der Waals surface area contributed by atoms with Gasteiger partial charge in [0.25, 0.3) is 0 Å². The number of benzene rings is 1. The summed E-state index contributed by atoms with van der Waals surface area (Å²) in [7, 11) is 0. The maximum Gasteiger partial charge on any atom is 0.389 e. The van der Waals surface area contributed by atoms with Crippen LogP contribution in [-0.2, 0) is 4.79 Å². The maximum absolute atomic E-state index is 12.1. The Bertz CT molecular complexity index is 473. The summed E-state index contributed by atoms with van der Waals surface area (Å²) in [5, 5.41) is 0. The van der Waals surface area contributed by atoms with Crippen molar-refractivity contribution in [3.63, 3.8) is 0 Å². The fourth-order valence-corrected chi connectivity index (χ4v) is 2.71. The molecule has 5 heteroatoms. The number of halogens is 3. The van der Waals surface area contributed by atoms with Crippen molar-refractivity contribution >= 4 is 5.91 Å².